The molecule has 0 bridgehead atoms. The standard InChI is InChI=1S/C24H42N6O12/c31-19-40-16-28-7-5-26(14-23(36)37)3-1-25(13-22(34)35)2-4-27(15-24(38)39)6-8-29(17-41-20-32)10-12-30(11-9-28)18-42-21-33/h19-21H,1-18H2,(H,34,35)(H,36,37)(H,38,39). The summed E-state index contributed by atoms with van der Waals surface area (Å²) in [7, 11) is 0. The highest BCUT2D eigenvalue weighted by molar-refractivity contribution is 5.69. The molecular formula is C24H42N6O12. The van der Waals surface area contributed by atoms with E-state index in [1.165, 1.54) is 0 Å². The van der Waals surface area contributed by atoms with Gasteiger partial charge < -0.3 is 29.5 Å². The van der Waals surface area contributed by atoms with Crippen LogP contribution in [0.3, 0.4) is 0 Å². The average molecular weight is 607 g/mol. The first-order chi connectivity index (χ1) is 20.2. The molecule has 0 amide bonds. The minimum absolute atomic E-state index is 0.0378. The Hall–Kier alpha value is -3.42. The highest BCUT2D eigenvalue weighted by Crippen LogP contribution is 2.02. The molecule has 0 aliphatic carbocycles. The van der Waals surface area contributed by atoms with Gasteiger partial charge in [-0.05, 0) is 0 Å². The first kappa shape index (κ1) is 36.6. The molecule has 1 rings (SSSR count). The molecule has 18 heteroatoms. The van der Waals surface area contributed by atoms with Crippen LogP contribution in [0.5, 0.6) is 0 Å². The second-order valence-electron chi connectivity index (χ2n) is 9.54. The first-order valence-electron chi connectivity index (χ1n) is 13.3. The maximum Gasteiger partial charge on any atom is 0.317 e. The molecule has 3 N–H and O–H groups in total. The third-order valence-electron chi connectivity index (χ3n) is 6.45. The summed E-state index contributed by atoms with van der Waals surface area (Å²) in [5.74, 6) is -3.21. The van der Waals surface area contributed by atoms with Crippen LogP contribution in [-0.4, -0.2) is 200 Å². The van der Waals surface area contributed by atoms with Gasteiger partial charge in [0.05, 0.1) is 19.6 Å². The highest BCUT2D eigenvalue weighted by atomic mass is 16.5. The summed E-state index contributed by atoms with van der Waals surface area (Å²) in [5, 5.41) is 28.2. The molecule has 0 spiro atoms. The van der Waals surface area contributed by atoms with Crippen LogP contribution in [0.25, 0.3) is 0 Å². The second kappa shape index (κ2) is 22.2. The molecule has 1 saturated heterocycles. The Labute approximate surface area is 243 Å². The van der Waals surface area contributed by atoms with E-state index < -0.39 is 17.9 Å². The monoisotopic (exact) mass is 606 g/mol. The topological polar surface area (TPSA) is 210 Å². The molecule has 1 aliphatic rings. The van der Waals surface area contributed by atoms with Gasteiger partial charge in [-0.25, -0.2) is 0 Å². The molecular weight excluding hydrogens is 564 g/mol. The Morgan fingerprint density at radius 2 is 0.619 bits per heavy atom. The van der Waals surface area contributed by atoms with Crippen molar-refractivity contribution >= 4 is 37.3 Å². The summed E-state index contributed by atoms with van der Waals surface area (Å²) in [6.45, 7) is 3.32. The molecule has 0 atom stereocenters. The van der Waals surface area contributed by atoms with Crippen molar-refractivity contribution < 1.29 is 58.3 Å². The van der Waals surface area contributed by atoms with E-state index in [-0.39, 0.29) is 79.1 Å². The van der Waals surface area contributed by atoms with E-state index in [1.54, 1.807) is 24.5 Å². The lowest BCUT2D eigenvalue weighted by molar-refractivity contribution is -0.140. The van der Waals surface area contributed by atoms with E-state index >= 15 is 0 Å². The third-order valence-corrected chi connectivity index (χ3v) is 6.45. The average Bonchev–Trinajstić information content (AvgIpc) is 2.93. The van der Waals surface area contributed by atoms with Crippen LogP contribution in [0, 0.1) is 0 Å². The van der Waals surface area contributed by atoms with Gasteiger partial charge in [-0.2, -0.15) is 0 Å². The van der Waals surface area contributed by atoms with Crippen LogP contribution in [-0.2, 0) is 43.0 Å². The molecule has 240 valence electrons. The number of carboxylic acid groups (broad SMARTS) is 3. The fourth-order valence-electron chi connectivity index (χ4n) is 4.21. The van der Waals surface area contributed by atoms with Crippen molar-refractivity contribution in [2.75, 3.05) is 118 Å². The van der Waals surface area contributed by atoms with Crippen molar-refractivity contribution in [1.29, 1.82) is 0 Å². The maximum atomic E-state index is 11.5. The van der Waals surface area contributed by atoms with Crippen molar-refractivity contribution in [2.45, 2.75) is 0 Å². The SMILES string of the molecule is O=COCN1CCN(COC=O)CCN(CC(=O)O)CCN(CC(=O)O)CCN(CC(=O)O)CCN(COC=O)CC1. The lowest BCUT2D eigenvalue weighted by atomic mass is 10.3. The summed E-state index contributed by atoms with van der Waals surface area (Å²) in [6, 6.07) is 0. The molecule has 0 aromatic carbocycles. The van der Waals surface area contributed by atoms with Crippen molar-refractivity contribution in [3.05, 3.63) is 0 Å². The van der Waals surface area contributed by atoms with Gasteiger partial charge in [0, 0.05) is 78.5 Å². The molecule has 0 radical (unpaired) electrons. The van der Waals surface area contributed by atoms with Crippen LogP contribution in [0.15, 0.2) is 0 Å². The molecule has 0 unspecified atom stereocenters. The predicted octanol–water partition coefficient (Wildman–Crippen LogP) is -3.54. The van der Waals surface area contributed by atoms with E-state index in [2.05, 4.69) is 0 Å². The first-order valence-corrected chi connectivity index (χ1v) is 13.3. The molecule has 0 saturated carbocycles. The molecule has 0 aromatic rings. The zero-order valence-corrected chi connectivity index (χ0v) is 23.7. The Bertz CT molecular complexity index is 786. The molecule has 1 heterocycles. The molecule has 1 fully saturated rings. The Morgan fingerprint density at radius 1 is 0.429 bits per heavy atom. The molecule has 42 heavy (non-hydrogen) atoms. The number of hydrogen-bond acceptors (Lipinski definition) is 15. The van der Waals surface area contributed by atoms with Gasteiger partial charge >= 0.3 is 17.9 Å². The van der Waals surface area contributed by atoms with Crippen LogP contribution in [0.2, 0.25) is 0 Å². The number of aliphatic carboxylic acids is 3. The van der Waals surface area contributed by atoms with Gasteiger partial charge in [-0.3, -0.25) is 58.2 Å². The van der Waals surface area contributed by atoms with Crippen LogP contribution < -0.4 is 0 Å². The zero-order chi connectivity index (χ0) is 31.2. The van der Waals surface area contributed by atoms with E-state index in [9.17, 15) is 44.1 Å². The number of hydrogen-bond donors (Lipinski definition) is 3. The van der Waals surface area contributed by atoms with Gasteiger partial charge in [-0.1, -0.05) is 0 Å². The highest BCUT2D eigenvalue weighted by Gasteiger charge is 2.20. The largest absolute Gasteiger partial charge is 0.480 e. The summed E-state index contributed by atoms with van der Waals surface area (Å²) in [5.41, 5.74) is 0. The number of carbonyl (C=O) groups is 6. The smallest absolute Gasteiger partial charge is 0.317 e. The van der Waals surface area contributed by atoms with Gasteiger partial charge in [0.1, 0.15) is 20.2 Å². The molecule has 18 nitrogen and oxygen atoms in total. The fraction of sp³-hybridized carbons (Fsp3) is 0.750. The summed E-state index contributed by atoms with van der Waals surface area (Å²) >= 11 is 0. The Kier molecular flexibility index (Phi) is 19.4. The summed E-state index contributed by atoms with van der Waals surface area (Å²) in [6.07, 6.45) is 0. The minimum Gasteiger partial charge on any atom is -0.480 e. The molecule has 1 aliphatic heterocycles. The number of nitrogens with zero attached hydrogens (tertiary/aromatic N) is 6. The summed E-state index contributed by atoms with van der Waals surface area (Å²) in [4.78, 5) is 77.4. The Balaban J connectivity index is 3.22. The van der Waals surface area contributed by atoms with E-state index in [1.807, 2.05) is 4.90 Å². The van der Waals surface area contributed by atoms with Crippen molar-refractivity contribution in [2.24, 2.45) is 0 Å². The minimum atomic E-state index is -1.08. The van der Waals surface area contributed by atoms with Crippen LogP contribution in [0.1, 0.15) is 0 Å². The van der Waals surface area contributed by atoms with Crippen LogP contribution in [0.4, 0.5) is 0 Å². The lowest BCUT2D eigenvalue weighted by Crippen LogP contribution is -2.48. The van der Waals surface area contributed by atoms with E-state index in [0.29, 0.717) is 58.7 Å². The number of rotatable bonds is 15. The van der Waals surface area contributed by atoms with Gasteiger partial charge in [0.2, 0.25) is 0 Å². The maximum absolute atomic E-state index is 11.5. The van der Waals surface area contributed by atoms with Gasteiger partial charge in [0.15, 0.2) is 0 Å². The molecule has 0 aromatic heterocycles. The van der Waals surface area contributed by atoms with Crippen molar-refractivity contribution in [3.8, 4) is 0 Å². The number of ether oxygens (including phenoxy) is 3. The number of carbonyl (C=O) groups excluding carboxylic acids is 3. The predicted molar refractivity (Wildman–Crippen MR) is 143 cm³/mol. The van der Waals surface area contributed by atoms with Crippen LogP contribution >= 0.6 is 0 Å². The van der Waals surface area contributed by atoms with Gasteiger partial charge in [-0.15, -0.1) is 0 Å². The Morgan fingerprint density at radius 3 is 0.786 bits per heavy atom. The van der Waals surface area contributed by atoms with E-state index in [0.717, 1.165) is 0 Å². The van der Waals surface area contributed by atoms with Gasteiger partial charge in [0.25, 0.3) is 19.4 Å². The quantitative estimate of drug-likeness (QED) is 0.122. The lowest BCUT2D eigenvalue weighted by Gasteiger charge is -2.32. The fourth-order valence-corrected chi connectivity index (χ4v) is 4.21. The number of carboxylic acids is 3. The third kappa shape index (κ3) is 18.1. The van der Waals surface area contributed by atoms with Crippen molar-refractivity contribution in [1.82, 2.24) is 29.4 Å². The zero-order valence-electron chi connectivity index (χ0n) is 23.7. The second-order valence-corrected chi connectivity index (χ2v) is 9.54. The van der Waals surface area contributed by atoms with Crippen molar-refractivity contribution in [3.63, 3.8) is 0 Å². The normalized spacial score (nSPS) is 19.1. The van der Waals surface area contributed by atoms with E-state index in [4.69, 9.17) is 14.2 Å². The summed E-state index contributed by atoms with van der Waals surface area (Å²) < 4.78 is 14.8.